The number of halogens is 1. The first-order valence-electron chi connectivity index (χ1n) is 8.65. The number of benzene rings is 2. The Labute approximate surface area is 163 Å². The number of amides is 1. The molecule has 1 aromatic heterocycles. The third kappa shape index (κ3) is 4.83. The number of nitrogens with zero attached hydrogens (tertiary/aromatic N) is 3. The topological polar surface area (TPSA) is 59.2 Å². The van der Waals surface area contributed by atoms with E-state index >= 15 is 0 Å². The van der Waals surface area contributed by atoms with Gasteiger partial charge in [-0.05, 0) is 37.6 Å². The minimum atomic E-state index is -0.119. The van der Waals surface area contributed by atoms with Crippen LogP contribution in [0.25, 0.3) is 17.5 Å². The Morgan fingerprint density at radius 2 is 1.81 bits per heavy atom. The van der Waals surface area contributed by atoms with E-state index in [1.807, 2.05) is 62.4 Å². The summed E-state index contributed by atoms with van der Waals surface area (Å²) in [5.41, 5.74) is 1.64. The molecule has 0 aliphatic carbocycles. The van der Waals surface area contributed by atoms with Crippen molar-refractivity contribution in [1.82, 2.24) is 15.1 Å². The van der Waals surface area contributed by atoms with Crippen molar-refractivity contribution >= 4 is 23.6 Å². The van der Waals surface area contributed by atoms with Crippen LogP contribution in [-0.2, 0) is 11.3 Å². The minimum Gasteiger partial charge on any atom is -0.419 e. The SMILES string of the molecule is CC(C)N(Cc1nnc(-c2ccccc2Cl)o1)C(=O)/C=C/c1ccccc1. The Hall–Kier alpha value is -2.92. The maximum Gasteiger partial charge on any atom is 0.249 e. The summed E-state index contributed by atoms with van der Waals surface area (Å²) in [5, 5.41) is 8.66. The molecule has 1 heterocycles. The fraction of sp³-hybridized carbons (Fsp3) is 0.190. The van der Waals surface area contributed by atoms with Crippen molar-refractivity contribution in [2.24, 2.45) is 0 Å². The molecule has 3 aromatic rings. The van der Waals surface area contributed by atoms with Gasteiger partial charge in [0.25, 0.3) is 0 Å². The van der Waals surface area contributed by atoms with Crippen LogP contribution in [0.1, 0.15) is 25.3 Å². The average molecular weight is 382 g/mol. The Kier molecular flexibility index (Phi) is 6.04. The van der Waals surface area contributed by atoms with Gasteiger partial charge < -0.3 is 9.32 Å². The highest BCUT2D eigenvalue weighted by molar-refractivity contribution is 6.33. The summed E-state index contributed by atoms with van der Waals surface area (Å²) in [4.78, 5) is 14.3. The molecule has 0 spiro atoms. The Morgan fingerprint density at radius 3 is 2.52 bits per heavy atom. The summed E-state index contributed by atoms with van der Waals surface area (Å²) in [6, 6.07) is 16.9. The first-order valence-corrected chi connectivity index (χ1v) is 9.03. The van der Waals surface area contributed by atoms with Gasteiger partial charge in [0.2, 0.25) is 17.7 Å². The van der Waals surface area contributed by atoms with Gasteiger partial charge in [0.1, 0.15) is 0 Å². The third-order valence-corrected chi connectivity index (χ3v) is 4.33. The minimum absolute atomic E-state index is 0.0198. The van der Waals surface area contributed by atoms with Gasteiger partial charge in [-0.25, -0.2) is 0 Å². The molecule has 5 nitrogen and oxygen atoms in total. The van der Waals surface area contributed by atoms with Crippen LogP contribution in [0.15, 0.2) is 65.1 Å². The van der Waals surface area contributed by atoms with Gasteiger partial charge in [0, 0.05) is 12.1 Å². The summed E-state index contributed by atoms with van der Waals surface area (Å²) in [6.07, 6.45) is 3.35. The Balaban J connectivity index is 1.74. The number of rotatable bonds is 6. The van der Waals surface area contributed by atoms with Crippen LogP contribution in [0.3, 0.4) is 0 Å². The molecule has 0 aliphatic heterocycles. The molecule has 2 aromatic carbocycles. The van der Waals surface area contributed by atoms with Crippen molar-refractivity contribution in [3.63, 3.8) is 0 Å². The van der Waals surface area contributed by atoms with Crippen LogP contribution in [0.4, 0.5) is 0 Å². The van der Waals surface area contributed by atoms with E-state index in [1.165, 1.54) is 0 Å². The second-order valence-corrected chi connectivity index (χ2v) is 6.69. The molecule has 27 heavy (non-hydrogen) atoms. The third-order valence-electron chi connectivity index (χ3n) is 4.00. The quantitative estimate of drug-likeness (QED) is 0.573. The summed E-state index contributed by atoms with van der Waals surface area (Å²) < 4.78 is 5.72. The molecule has 0 aliphatic rings. The normalized spacial score (nSPS) is 11.3. The van der Waals surface area contributed by atoms with Crippen LogP contribution in [-0.4, -0.2) is 27.0 Å². The molecular weight excluding hydrogens is 362 g/mol. The Bertz CT molecular complexity index is 935. The summed E-state index contributed by atoms with van der Waals surface area (Å²) in [6.45, 7) is 4.12. The molecule has 0 fully saturated rings. The van der Waals surface area contributed by atoms with Crippen LogP contribution < -0.4 is 0 Å². The van der Waals surface area contributed by atoms with Crippen molar-refractivity contribution in [2.45, 2.75) is 26.4 Å². The van der Waals surface area contributed by atoms with Crippen LogP contribution >= 0.6 is 11.6 Å². The van der Waals surface area contributed by atoms with Crippen LogP contribution in [0.5, 0.6) is 0 Å². The van der Waals surface area contributed by atoms with E-state index in [9.17, 15) is 4.79 Å². The molecule has 138 valence electrons. The van der Waals surface area contributed by atoms with E-state index in [0.717, 1.165) is 5.56 Å². The van der Waals surface area contributed by atoms with E-state index in [0.29, 0.717) is 22.4 Å². The number of hydrogen-bond donors (Lipinski definition) is 0. The van der Waals surface area contributed by atoms with E-state index < -0.39 is 0 Å². The number of carbonyl (C=O) groups excluding carboxylic acids is 1. The van der Waals surface area contributed by atoms with Gasteiger partial charge in [0.15, 0.2) is 0 Å². The van der Waals surface area contributed by atoms with Gasteiger partial charge in [-0.3, -0.25) is 4.79 Å². The van der Waals surface area contributed by atoms with Crippen LogP contribution in [0.2, 0.25) is 5.02 Å². The van der Waals surface area contributed by atoms with Gasteiger partial charge in [0.05, 0.1) is 17.1 Å². The first-order chi connectivity index (χ1) is 13.0. The molecule has 0 unspecified atom stereocenters. The predicted octanol–water partition coefficient (Wildman–Crippen LogP) is 4.84. The van der Waals surface area contributed by atoms with Gasteiger partial charge in [-0.1, -0.05) is 54.1 Å². The second kappa shape index (κ2) is 8.64. The maximum absolute atomic E-state index is 12.6. The smallest absolute Gasteiger partial charge is 0.249 e. The Morgan fingerprint density at radius 1 is 1.11 bits per heavy atom. The fourth-order valence-electron chi connectivity index (χ4n) is 2.55. The zero-order chi connectivity index (χ0) is 19.2. The fourth-order valence-corrected chi connectivity index (χ4v) is 2.77. The molecule has 6 heteroatoms. The summed E-state index contributed by atoms with van der Waals surface area (Å²) in [5.74, 6) is 0.581. The molecule has 0 atom stereocenters. The monoisotopic (exact) mass is 381 g/mol. The van der Waals surface area contributed by atoms with Crippen molar-refractivity contribution in [2.75, 3.05) is 0 Å². The molecule has 0 saturated carbocycles. The van der Waals surface area contributed by atoms with E-state index in [2.05, 4.69) is 10.2 Å². The highest BCUT2D eigenvalue weighted by atomic mass is 35.5. The van der Waals surface area contributed by atoms with Crippen molar-refractivity contribution in [1.29, 1.82) is 0 Å². The van der Waals surface area contributed by atoms with E-state index in [1.54, 1.807) is 23.1 Å². The molecule has 3 rings (SSSR count). The largest absolute Gasteiger partial charge is 0.419 e. The second-order valence-electron chi connectivity index (χ2n) is 6.28. The van der Waals surface area contributed by atoms with Crippen molar-refractivity contribution in [3.05, 3.63) is 77.2 Å². The number of hydrogen-bond acceptors (Lipinski definition) is 4. The standard InChI is InChI=1S/C21H20ClN3O2/c1-15(2)25(20(26)13-12-16-8-4-3-5-9-16)14-19-23-24-21(27-19)17-10-6-7-11-18(17)22/h3-13,15H,14H2,1-2H3/b13-12+. The van der Waals surface area contributed by atoms with Crippen LogP contribution in [0, 0.1) is 0 Å². The zero-order valence-corrected chi connectivity index (χ0v) is 15.9. The highest BCUT2D eigenvalue weighted by Gasteiger charge is 2.19. The molecule has 0 bridgehead atoms. The molecule has 0 saturated heterocycles. The molecular formula is C21H20ClN3O2. The summed E-state index contributed by atoms with van der Waals surface area (Å²) in [7, 11) is 0. The summed E-state index contributed by atoms with van der Waals surface area (Å²) >= 11 is 6.17. The number of aromatic nitrogens is 2. The van der Waals surface area contributed by atoms with Gasteiger partial charge in [-0.15, -0.1) is 10.2 Å². The molecule has 0 radical (unpaired) electrons. The number of carbonyl (C=O) groups is 1. The lowest BCUT2D eigenvalue weighted by Crippen LogP contribution is -2.35. The lowest BCUT2D eigenvalue weighted by Gasteiger charge is -2.23. The van der Waals surface area contributed by atoms with E-state index in [-0.39, 0.29) is 18.5 Å². The van der Waals surface area contributed by atoms with E-state index in [4.69, 9.17) is 16.0 Å². The molecule has 0 N–H and O–H groups in total. The van der Waals surface area contributed by atoms with Gasteiger partial charge in [-0.2, -0.15) is 0 Å². The zero-order valence-electron chi connectivity index (χ0n) is 15.2. The lowest BCUT2D eigenvalue weighted by molar-refractivity contribution is -0.128. The van der Waals surface area contributed by atoms with Crippen molar-refractivity contribution in [3.8, 4) is 11.5 Å². The lowest BCUT2D eigenvalue weighted by atomic mass is 10.2. The first kappa shape index (κ1) is 18.9. The predicted molar refractivity (Wildman–Crippen MR) is 106 cm³/mol. The molecule has 1 amide bonds. The highest BCUT2D eigenvalue weighted by Crippen LogP contribution is 2.26. The maximum atomic E-state index is 12.6. The average Bonchev–Trinajstić information content (AvgIpc) is 3.13. The van der Waals surface area contributed by atoms with Crippen molar-refractivity contribution < 1.29 is 9.21 Å². The van der Waals surface area contributed by atoms with Gasteiger partial charge >= 0.3 is 0 Å².